The highest BCUT2D eigenvalue weighted by Gasteiger charge is 2.09. The number of anilines is 1. The first-order valence-electron chi connectivity index (χ1n) is 5.22. The molecule has 0 saturated heterocycles. The van der Waals surface area contributed by atoms with Gasteiger partial charge in [0.2, 0.25) is 0 Å². The van der Waals surface area contributed by atoms with Crippen molar-refractivity contribution in [2.45, 2.75) is 20.4 Å². The van der Waals surface area contributed by atoms with Gasteiger partial charge in [-0.05, 0) is 37.6 Å². The second-order valence-electron chi connectivity index (χ2n) is 4.04. The fourth-order valence-corrected chi connectivity index (χ4v) is 2.46. The van der Waals surface area contributed by atoms with Crippen LogP contribution in [0.5, 0.6) is 0 Å². The summed E-state index contributed by atoms with van der Waals surface area (Å²) in [5.41, 5.74) is 9.46. The second-order valence-corrected chi connectivity index (χ2v) is 5.33. The molecule has 0 saturated carbocycles. The topological polar surface area (TPSA) is 43.8 Å². The van der Waals surface area contributed by atoms with Crippen molar-refractivity contribution < 1.29 is 0 Å². The molecule has 0 radical (unpaired) electrons. The molecule has 1 heterocycles. The Morgan fingerprint density at radius 1 is 1.35 bits per heavy atom. The molecule has 0 atom stereocenters. The summed E-state index contributed by atoms with van der Waals surface area (Å²) < 4.78 is 2.86. The molecule has 0 bridgehead atoms. The molecule has 0 amide bonds. The predicted octanol–water partition coefficient (Wildman–Crippen LogP) is 3.55. The van der Waals surface area contributed by atoms with Crippen LogP contribution in [-0.2, 0) is 6.54 Å². The molecule has 1 aromatic carbocycles. The fourth-order valence-electron chi connectivity index (χ4n) is 1.77. The number of nitrogens with zero attached hydrogens (tertiary/aromatic N) is 2. The van der Waals surface area contributed by atoms with Crippen LogP contribution < -0.4 is 5.73 Å². The van der Waals surface area contributed by atoms with E-state index in [1.165, 1.54) is 0 Å². The Morgan fingerprint density at radius 3 is 2.59 bits per heavy atom. The molecule has 5 heteroatoms. The van der Waals surface area contributed by atoms with Gasteiger partial charge in [-0.3, -0.25) is 4.68 Å². The summed E-state index contributed by atoms with van der Waals surface area (Å²) in [6, 6.07) is 5.84. The summed E-state index contributed by atoms with van der Waals surface area (Å²) in [7, 11) is 0. The highest BCUT2D eigenvalue weighted by molar-refractivity contribution is 9.10. The lowest BCUT2D eigenvalue weighted by molar-refractivity contribution is 0.659. The lowest BCUT2D eigenvalue weighted by Crippen LogP contribution is -2.04. The molecule has 3 nitrogen and oxygen atoms in total. The molecule has 1 aromatic heterocycles. The summed E-state index contributed by atoms with van der Waals surface area (Å²) in [6.07, 6.45) is 0. The number of hydrogen-bond donors (Lipinski definition) is 1. The second kappa shape index (κ2) is 4.70. The van der Waals surface area contributed by atoms with E-state index in [9.17, 15) is 0 Å². The van der Waals surface area contributed by atoms with Gasteiger partial charge in [0.1, 0.15) is 0 Å². The number of halogens is 2. The van der Waals surface area contributed by atoms with E-state index in [1.807, 2.05) is 36.7 Å². The van der Waals surface area contributed by atoms with E-state index < -0.39 is 0 Å². The minimum Gasteiger partial charge on any atom is -0.399 e. The molecule has 0 aliphatic heterocycles. The first-order chi connectivity index (χ1) is 7.97. The number of rotatable bonds is 2. The third-order valence-electron chi connectivity index (χ3n) is 2.61. The Morgan fingerprint density at radius 2 is 2.06 bits per heavy atom. The molecule has 90 valence electrons. The first-order valence-corrected chi connectivity index (χ1v) is 6.39. The SMILES string of the molecule is Cc1nn(Cc2cc(N)cc(Br)c2)c(C)c1Cl. The van der Waals surface area contributed by atoms with Crippen molar-refractivity contribution in [1.82, 2.24) is 9.78 Å². The Bertz CT molecular complexity index is 543. The lowest BCUT2D eigenvalue weighted by Gasteiger charge is -2.06. The van der Waals surface area contributed by atoms with Crippen LogP contribution in [0.2, 0.25) is 5.02 Å². The maximum atomic E-state index is 6.11. The minimum absolute atomic E-state index is 0.670. The van der Waals surface area contributed by atoms with Gasteiger partial charge >= 0.3 is 0 Å². The Labute approximate surface area is 114 Å². The van der Waals surface area contributed by atoms with E-state index in [1.54, 1.807) is 0 Å². The minimum atomic E-state index is 0.670. The van der Waals surface area contributed by atoms with Crippen LogP contribution in [0.1, 0.15) is 17.0 Å². The number of benzene rings is 1. The van der Waals surface area contributed by atoms with E-state index in [4.69, 9.17) is 17.3 Å². The highest BCUT2D eigenvalue weighted by Crippen LogP contribution is 2.22. The van der Waals surface area contributed by atoms with E-state index in [2.05, 4.69) is 21.0 Å². The zero-order chi connectivity index (χ0) is 12.6. The monoisotopic (exact) mass is 313 g/mol. The fraction of sp³-hybridized carbons (Fsp3) is 0.250. The normalized spacial score (nSPS) is 10.8. The third kappa shape index (κ3) is 2.64. The van der Waals surface area contributed by atoms with Gasteiger partial charge in [-0.1, -0.05) is 27.5 Å². The standard InChI is InChI=1S/C12H13BrClN3/c1-7-12(14)8(2)17(16-7)6-9-3-10(13)5-11(15)4-9/h3-5H,6,15H2,1-2H3. The van der Waals surface area contributed by atoms with Crippen molar-refractivity contribution in [3.05, 3.63) is 44.6 Å². The molecule has 0 aliphatic carbocycles. The summed E-state index contributed by atoms with van der Waals surface area (Å²) >= 11 is 9.54. The van der Waals surface area contributed by atoms with Gasteiger partial charge in [-0.2, -0.15) is 5.10 Å². The lowest BCUT2D eigenvalue weighted by atomic mass is 10.2. The predicted molar refractivity (Wildman–Crippen MR) is 74.4 cm³/mol. The smallest absolute Gasteiger partial charge is 0.0844 e. The van der Waals surface area contributed by atoms with Crippen molar-refractivity contribution >= 4 is 33.2 Å². The zero-order valence-electron chi connectivity index (χ0n) is 9.67. The van der Waals surface area contributed by atoms with Crippen molar-refractivity contribution in [2.75, 3.05) is 5.73 Å². The highest BCUT2D eigenvalue weighted by atomic mass is 79.9. The molecule has 2 N–H and O–H groups in total. The molecule has 0 unspecified atom stereocenters. The maximum Gasteiger partial charge on any atom is 0.0844 e. The molecule has 2 rings (SSSR count). The summed E-state index contributed by atoms with van der Waals surface area (Å²) in [5.74, 6) is 0. The largest absolute Gasteiger partial charge is 0.399 e. The van der Waals surface area contributed by atoms with Crippen LogP contribution in [0, 0.1) is 13.8 Å². The van der Waals surface area contributed by atoms with Gasteiger partial charge < -0.3 is 5.73 Å². The molecule has 2 aromatic rings. The zero-order valence-corrected chi connectivity index (χ0v) is 12.0. The number of nitrogen functional groups attached to an aromatic ring is 1. The maximum absolute atomic E-state index is 6.11. The van der Waals surface area contributed by atoms with Crippen LogP contribution in [0.25, 0.3) is 0 Å². The van der Waals surface area contributed by atoms with Crippen LogP contribution in [-0.4, -0.2) is 9.78 Å². The van der Waals surface area contributed by atoms with Crippen LogP contribution in [0.15, 0.2) is 22.7 Å². The van der Waals surface area contributed by atoms with Gasteiger partial charge in [0, 0.05) is 10.2 Å². The molecule has 0 aliphatic rings. The van der Waals surface area contributed by atoms with Gasteiger partial charge in [0.25, 0.3) is 0 Å². The molecule has 17 heavy (non-hydrogen) atoms. The Balaban J connectivity index is 2.34. The van der Waals surface area contributed by atoms with Gasteiger partial charge in [-0.25, -0.2) is 0 Å². The van der Waals surface area contributed by atoms with Gasteiger partial charge in [0.15, 0.2) is 0 Å². The van der Waals surface area contributed by atoms with Crippen LogP contribution >= 0.6 is 27.5 Å². The summed E-state index contributed by atoms with van der Waals surface area (Å²) in [6.45, 7) is 4.54. The van der Waals surface area contributed by atoms with Gasteiger partial charge in [-0.15, -0.1) is 0 Å². The summed E-state index contributed by atoms with van der Waals surface area (Å²) in [4.78, 5) is 0. The Hall–Kier alpha value is -1.000. The third-order valence-corrected chi connectivity index (χ3v) is 3.61. The number of nitrogens with two attached hydrogens (primary N) is 1. The van der Waals surface area contributed by atoms with E-state index in [0.717, 1.165) is 32.1 Å². The molecular formula is C12H13BrClN3. The first kappa shape index (κ1) is 12.5. The summed E-state index contributed by atoms with van der Waals surface area (Å²) in [5, 5.41) is 5.12. The quantitative estimate of drug-likeness (QED) is 0.862. The Kier molecular flexibility index (Phi) is 3.45. The molecule has 0 fully saturated rings. The van der Waals surface area contributed by atoms with E-state index in [-0.39, 0.29) is 0 Å². The molecular weight excluding hydrogens is 302 g/mol. The number of aryl methyl sites for hydroxylation is 1. The van der Waals surface area contributed by atoms with Crippen LogP contribution in [0.3, 0.4) is 0 Å². The van der Waals surface area contributed by atoms with Crippen molar-refractivity contribution in [3.8, 4) is 0 Å². The van der Waals surface area contributed by atoms with E-state index >= 15 is 0 Å². The van der Waals surface area contributed by atoms with E-state index in [0.29, 0.717) is 6.54 Å². The average molecular weight is 315 g/mol. The average Bonchev–Trinajstić information content (AvgIpc) is 2.45. The number of aromatic nitrogens is 2. The van der Waals surface area contributed by atoms with Crippen molar-refractivity contribution in [1.29, 1.82) is 0 Å². The van der Waals surface area contributed by atoms with Crippen molar-refractivity contribution in [2.24, 2.45) is 0 Å². The van der Waals surface area contributed by atoms with Crippen molar-refractivity contribution in [3.63, 3.8) is 0 Å². The number of hydrogen-bond acceptors (Lipinski definition) is 2. The van der Waals surface area contributed by atoms with Crippen LogP contribution in [0.4, 0.5) is 5.69 Å². The van der Waals surface area contributed by atoms with Gasteiger partial charge in [0.05, 0.1) is 23.0 Å². The molecule has 0 spiro atoms.